The molecule has 0 aliphatic heterocycles. The average Bonchev–Trinajstić information content (AvgIpc) is 2.58. The Morgan fingerprint density at radius 1 is 0.708 bits per heavy atom. The van der Waals surface area contributed by atoms with Crippen LogP contribution in [0.15, 0.2) is 60.7 Å². The summed E-state index contributed by atoms with van der Waals surface area (Å²) < 4.78 is 34.0. The van der Waals surface area contributed by atoms with E-state index in [1.165, 1.54) is 0 Å². The molecule has 0 amide bonds. The van der Waals surface area contributed by atoms with Gasteiger partial charge in [-0.2, -0.15) is 0 Å². The second kappa shape index (κ2) is 7.72. The van der Waals surface area contributed by atoms with Gasteiger partial charge in [0.1, 0.15) is 11.4 Å². The second-order valence-corrected chi connectivity index (χ2v) is 5.21. The molecule has 0 aliphatic carbocycles. The van der Waals surface area contributed by atoms with Gasteiger partial charge in [-0.05, 0) is 47.5 Å². The van der Waals surface area contributed by atoms with Gasteiger partial charge in [-0.3, -0.25) is 0 Å². The summed E-state index contributed by atoms with van der Waals surface area (Å²) in [5, 5.41) is 0. The molecule has 5 heteroatoms. The lowest BCUT2D eigenvalue weighted by Gasteiger charge is -2.10. The molecule has 3 aromatic rings. The van der Waals surface area contributed by atoms with E-state index in [1.54, 1.807) is 67.8 Å². The maximum absolute atomic E-state index is 14.5. The van der Waals surface area contributed by atoms with E-state index < -0.39 is 11.6 Å². The third kappa shape index (κ3) is 3.57. The first-order valence-corrected chi connectivity index (χ1v) is 7.15. The van der Waals surface area contributed by atoms with Gasteiger partial charge in [0.15, 0.2) is 11.6 Å². The van der Waals surface area contributed by atoms with Crippen LogP contribution in [-0.2, 0) is 0 Å². The van der Waals surface area contributed by atoms with Crippen LogP contribution in [0.3, 0.4) is 0 Å². The van der Waals surface area contributed by atoms with E-state index in [2.05, 4.69) is 5.73 Å². The van der Waals surface area contributed by atoms with E-state index in [1.807, 2.05) is 0 Å². The fraction of sp³-hybridized carbons (Fsp3) is 0.0526. The molecular weight excluding hydrogens is 423 g/mol. The van der Waals surface area contributed by atoms with Crippen molar-refractivity contribution in [3.8, 4) is 28.0 Å². The molecule has 0 aliphatic rings. The van der Waals surface area contributed by atoms with E-state index in [4.69, 9.17) is 4.74 Å². The Labute approximate surface area is 156 Å². The number of quaternary nitrogens is 1. The highest BCUT2D eigenvalue weighted by molar-refractivity contribution is 5.72. The molecule has 0 fully saturated rings. The van der Waals surface area contributed by atoms with Gasteiger partial charge < -0.3 is 34.4 Å². The molecular formula is C19H16F2INO. The summed E-state index contributed by atoms with van der Waals surface area (Å²) in [7, 11) is 1.56. The molecule has 2 nitrogen and oxygen atoms in total. The van der Waals surface area contributed by atoms with Crippen molar-refractivity contribution in [1.82, 2.24) is 0 Å². The van der Waals surface area contributed by atoms with Gasteiger partial charge in [0, 0.05) is 11.1 Å². The minimum absolute atomic E-state index is 0. The summed E-state index contributed by atoms with van der Waals surface area (Å²) in [5.41, 5.74) is 6.29. The molecule has 0 unspecified atom stereocenters. The van der Waals surface area contributed by atoms with Crippen LogP contribution in [0.2, 0.25) is 0 Å². The number of rotatable bonds is 3. The molecule has 0 saturated carbocycles. The first-order valence-electron chi connectivity index (χ1n) is 7.15. The van der Waals surface area contributed by atoms with Gasteiger partial charge in [0.05, 0.1) is 7.11 Å². The van der Waals surface area contributed by atoms with Gasteiger partial charge in [-0.15, -0.1) is 0 Å². The van der Waals surface area contributed by atoms with Crippen LogP contribution in [0.5, 0.6) is 5.75 Å². The van der Waals surface area contributed by atoms with Crippen LogP contribution in [0, 0.1) is 11.6 Å². The van der Waals surface area contributed by atoms with Gasteiger partial charge in [-0.25, -0.2) is 8.78 Å². The minimum atomic E-state index is -0.855. The predicted octanol–water partition coefficient (Wildman–Crippen LogP) is 1.18. The number of ether oxygens (including phenoxy) is 1. The zero-order valence-electron chi connectivity index (χ0n) is 13.0. The zero-order valence-corrected chi connectivity index (χ0v) is 15.2. The number of benzene rings is 3. The number of hydrogen-bond acceptors (Lipinski definition) is 1. The third-order valence-corrected chi connectivity index (χ3v) is 3.75. The Kier molecular flexibility index (Phi) is 5.90. The number of hydrogen-bond donors (Lipinski definition) is 1. The van der Waals surface area contributed by atoms with Crippen molar-refractivity contribution >= 4 is 5.69 Å². The maximum Gasteiger partial charge on any atom is 0.167 e. The van der Waals surface area contributed by atoms with E-state index >= 15 is 0 Å². The molecule has 0 radical (unpaired) electrons. The van der Waals surface area contributed by atoms with Crippen molar-refractivity contribution in [2.24, 2.45) is 0 Å². The van der Waals surface area contributed by atoms with Crippen molar-refractivity contribution in [2.75, 3.05) is 7.11 Å². The lowest BCUT2D eigenvalue weighted by Crippen LogP contribution is -3.00. The fourth-order valence-corrected chi connectivity index (χ4v) is 2.45. The minimum Gasteiger partial charge on any atom is -1.00 e. The van der Waals surface area contributed by atoms with Crippen molar-refractivity contribution in [3.63, 3.8) is 0 Å². The summed E-state index contributed by atoms with van der Waals surface area (Å²) in [6.07, 6.45) is 0. The van der Waals surface area contributed by atoms with Gasteiger partial charge in [0.25, 0.3) is 0 Å². The molecule has 3 aromatic carbocycles. The lowest BCUT2D eigenvalue weighted by atomic mass is 9.98. The Hall–Kier alpha value is -1.99. The van der Waals surface area contributed by atoms with Crippen LogP contribution in [0.25, 0.3) is 22.3 Å². The summed E-state index contributed by atoms with van der Waals surface area (Å²) in [5.74, 6) is -1.04. The largest absolute Gasteiger partial charge is 1.00 e. The summed E-state index contributed by atoms with van der Waals surface area (Å²) in [6, 6.07) is 17.0. The quantitative estimate of drug-likeness (QED) is 0.612. The summed E-state index contributed by atoms with van der Waals surface area (Å²) >= 11 is 0. The van der Waals surface area contributed by atoms with Crippen LogP contribution < -0.4 is 34.4 Å². The summed E-state index contributed by atoms with van der Waals surface area (Å²) in [4.78, 5) is 0. The Morgan fingerprint density at radius 3 is 1.54 bits per heavy atom. The van der Waals surface area contributed by atoms with Crippen molar-refractivity contribution in [1.29, 1.82) is 0 Å². The van der Waals surface area contributed by atoms with E-state index in [0.29, 0.717) is 16.9 Å². The fourth-order valence-electron chi connectivity index (χ4n) is 2.45. The van der Waals surface area contributed by atoms with Gasteiger partial charge in [-0.1, -0.05) is 24.3 Å². The molecule has 3 N–H and O–H groups in total. The van der Waals surface area contributed by atoms with Crippen LogP contribution in [0.4, 0.5) is 14.5 Å². The first-order chi connectivity index (χ1) is 11.1. The monoisotopic (exact) mass is 439 g/mol. The Bertz CT molecular complexity index is 833. The molecule has 0 aromatic heterocycles. The lowest BCUT2D eigenvalue weighted by molar-refractivity contribution is -0.254. The molecule has 0 heterocycles. The highest BCUT2D eigenvalue weighted by Gasteiger charge is 2.16. The topological polar surface area (TPSA) is 36.9 Å². The normalized spacial score (nSPS) is 10.2. The molecule has 24 heavy (non-hydrogen) atoms. The van der Waals surface area contributed by atoms with E-state index in [0.717, 1.165) is 5.69 Å². The standard InChI is InChI=1S/C19H15F2NO.HI/c1-23-15-8-4-13(5-9-15)17-11-10-16(18(20)19(17)21)12-2-6-14(22)7-3-12;/h2-11H,22H2,1H3;1H. The van der Waals surface area contributed by atoms with Crippen molar-refractivity contribution in [2.45, 2.75) is 0 Å². The van der Waals surface area contributed by atoms with Crippen LogP contribution in [0.1, 0.15) is 0 Å². The van der Waals surface area contributed by atoms with Gasteiger partial charge >= 0.3 is 0 Å². The SMILES string of the molecule is COc1ccc(-c2ccc(-c3ccc([NH3+])cc3)c(F)c2F)cc1.[I-]. The van der Waals surface area contributed by atoms with Crippen LogP contribution >= 0.6 is 0 Å². The average molecular weight is 439 g/mol. The number of methoxy groups -OCH3 is 1. The second-order valence-electron chi connectivity index (χ2n) is 5.21. The third-order valence-electron chi connectivity index (χ3n) is 3.75. The number of halogens is 3. The Balaban J connectivity index is 0.00000208. The molecule has 0 atom stereocenters. The maximum atomic E-state index is 14.5. The molecule has 0 spiro atoms. The Morgan fingerprint density at radius 2 is 1.12 bits per heavy atom. The van der Waals surface area contributed by atoms with Crippen molar-refractivity contribution in [3.05, 3.63) is 72.3 Å². The van der Waals surface area contributed by atoms with E-state index in [-0.39, 0.29) is 35.1 Å². The van der Waals surface area contributed by atoms with E-state index in [9.17, 15) is 8.78 Å². The first kappa shape index (κ1) is 18.4. The zero-order chi connectivity index (χ0) is 16.4. The molecule has 0 saturated heterocycles. The predicted molar refractivity (Wildman–Crippen MR) is 86.3 cm³/mol. The molecule has 3 rings (SSSR count). The molecule has 124 valence electrons. The smallest absolute Gasteiger partial charge is 0.167 e. The summed E-state index contributed by atoms with van der Waals surface area (Å²) in [6.45, 7) is 0. The molecule has 0 bridgehead atoms. The highest BCUT2D eigenvalue weighted by atomic mass is 127. The van der Waals surface area contributed by atoms with Crippen LogP contribution in [-0.4, -0.2) is 7.11 Å². The van der Waals surface area contributed by atoms with Gasteiger partial charge in [0.2, 0.25) is 0 Å². The van der Waals surface area contributed by atoms with Crippen molar-refractivity contribution < 1.29 is 43.2 Å². The highest BCUT2D eigenvalue weighted by Crippen LogP contribution is 2.32.